The van der Waals surface area contributed by atoms with Gasteiger partial charge in [-0.3, -0.25) is 0 Å². The van der Waals surface area contributed by atoms with Crippen molar-refractivity contribution in [2.75, 3.05) is 0 Å². The van der Waals surface area contributed by atoms with Crippen LogP contribution in [-0.4, -0.2) is 19.4 Å². The van der Waals surface area contributed by atoms with Crippen LogP contribution in [0.3, 0.4) is 0 Å². The van der Waals surface area contributed by atoms with E-state index in [9.17, 15) is 4.79 Å². The van der Waals surface area contributed by atoms with Crippen LogP contribution in [0.4, 0.5) is 0 Å². The smallest absolute Gasteiger partial charge is 0.330 e. The third kappa shape index (κ3) is 0.993. The summed E-state index contributed by atoms with van der Waals surface area (Å²) in [4.78, 5) is 10.6. The zero-order valence-electron chi connectivity index (χ0n) is 5.89. The fraction of sp³-hybridized carbons (Fsp3) is 0.500. The van der Waals surface area contributed by atoms with Gasteiger partial charge in [0.1, 0.15) is 13.4 Å². The van der Waals surface area contributed by atoms with Gasteiger partial charge in [-0.2, -0.15) is 0 Å². The second kappa shape index (κ2) is 1.63. The zero-order valence-corrected chi connectivity index (χ0v) is 5.89. The van der Waals surface area contributed by atoms with Crippen molar-refractivity contribution in [2.45, 2.75) is 19.4 Å². The maximum Gasteiger partial charge on any atom is 0.330 e. The van der Waals surface area contributed by atoms with Crippen molar-refractivity contribution in [1.82, 2.24) is 0 Å². The third-order valence-electron chi connectivity index (χ3n) is 1.64. The summed E-state index contributed by atoms with van der Waals surface area (Å²) in [5.41, 5.74) is 0.629. The lowest BCUT2D eigenvalue weighted by molar-refractivity contribution is -0.143. The Hall–Kier alpha value is -0.725. The maximum atomic E-state index is 10.6. The van der Waals surface area contributed by atoms with Gasteiger partial charge < -0.3 is 4.74 Å². The van der Waals surface area contributed by atoms with E-state index in [0.717, 1.165) is 5.47 Å². The van der Waals surface area contributed by atoms with Crippen LogP contribution in [0.1, 0.15) is 13.8 Å². The first-order chi connectivity index (χ1) is 4.02. The average molecular weight is 124 g/mol. The Kier molecular flexibility index (Phi) is 1.16. The van der Waals surface area contributed by atoms with E-state index >= 15 is 0 Å². The molecular weight excluding hydrogens is 115 g/mol. The Balaban J connectivity index is 2.89. The number of carbonyl (C=O) groups excluding carboxylic acids is 1. The third-order valence-corrected chi connectivity index (χ3v) is 1.64. The first-order valence-electron chi connectivity index (χ1n) is 2.94. The van der Waals surface area contributed by atoms with Crippen LogP contribution < -0.4 is 0 Å². The van der Waals surface area contributed by atoms with E-state index < -0.39 is 0 Å². The highest BCUT2D eigenvalue weighted by Crippen LogP contribution is 2.23. The largest absolute Gasteiger partial charge is 0.453 e. The number of carbonyl (C=O) groups is 1. The number of hydrogen-bond donors (Lipinski definition) is 0. The minimum atomic E-state index is -0.364. The highest BCUT2D eigenvalue weighted by molar-refractivity contribution is 6.25. The fourth-order valence-corrected chi connectivity index (χ4v) is 0.712. The normalized spacial score (nSPS) is 23.3. The van der Waals surface area contributed by atoms with Gasteiger partial charge in [-0.15, -0.1) is 0 Å². The lowest BCUT2D eigenvalue weighted by Crippen LogP contribution is -2.23. The topological polar surface area (TPSA) is 26.3 Å². The predicted octanol–water partition coefficient (Wildman–Crippen LogP) is -0.161. The summed E-state index contributed by atoms with van der Waals surface area (Å²) in [7, 11) is 1.89. The number of esters is 1. The van der Waals surface area contributed by atoms with E-state index in [1.54, 1.807) is 0 Å². The molecule has 1 rings (SSSR count). The molecule has 3 heteroatoms. The molecule has 9 heavy (non-hydrogen) atoms. The van der Waals surface area contributed by atoms with Crippen LogP contribution in [0, 0.1) is 0 Å². The van der Waals surface area contributed by atoms with Crippen LogP contribution in [0.25, 0.3) is 0 Å². The summed E-state index contributed by atoms with van der Waals surface area (Å²) in [5.74, 6) is -0.225. The Labute approximate surface area is 55.3 Å². The van der Waals surface area contributed by atoms with Crippen molar-refractivity contribution < 1.29 is 9.53 Å². The van der Waals surface area contributed by atoms with Gasteiger partial charge >= 0.3 is 5.97 Å². The molecule has 0 N–H and O–H groups in total. The lowest BCUT2D eigenvalue weighted by Gasteiger charge is -2.18. The molecule has 0 aromatic heterocycles. The zero-order chi connectivity index (χ0) is 7.07. The van der Waals surface area contributed by atoms with Crippen LogP contribution in [0.2, 0.25) is 0 Å². The first kappa shape index (κ1) is 6.40. The van der Waals surface area contributed by atoms with Gasteiger partial charge in [-0.05, 0) is 13.8 Å². The first-order valence-corrected chi connectivity index (χ1v) is 2.94. The van der Waals surface area contributed by atoms with Crippen molar-refractivity contribution in [3.8, 4) is 0 Å². The number of rotatable bonds is 0. The Morgan fingerprint density at radius 1 is 1.67 bits per heavy atom. The highest BCUT2D eigenvalue weighted by atomic mass is 16.6. The van der Waals surface area contributed by atoms with Crippen LogP contribution >= 0.6 is 0 Å². The van der Waals surface area contributed by atoms with Crippen LogP contribution in [0.5, 0.6) is 0 Å². The molecular formula is C6H9BO2. The van der Waals surface area contributed by atoms with E-state index in [1.165, 1.54) is 6.08 Å². The maximum absolute atomic E-state index is 10.6. The molecule has 48 valence electrons. The summed E-state index contributed by atoms with van der Waals surface area (Å²) in [6, 6.07) is 0. The molecule has 2 nitrogen and oxygen atoms in total. The van der Waals surface area contributed by atoms with E-state index in [-0.39, 0.29) is 11.6 Å². The minimum absolute atomic E-state index is 0.225. The molecule has 1 aliphatic rings. The van der Waals surface area contributed by atoms with Crippen molar-refractivity contribution >= 4 is 13.8 Å². The number of hydrogen-bond acceptors (Lipinski definition) is 2. The minimum Gasteiger partial charge on any atom is -0.453 e. The van der Waals surface area contributed by atoms with Crippen LogP contribution in [-0.2, 0) is 9.53 Å². The Morgan fingerprint density at radius 2 is 2.22 bits per heavy atom. The van der Waals surface area contributed by atoms with Crippen molar-refractivity contribution in [2.24, 2.45) is 0 Å². The van der Waals surface area contributed by atoms with Crippen molar-refractivity contribution in [3.05, 3.63) is 11.5 Å². The molecule has 0 aliphatic carbocycles. The van der Waals surface area contributed by atoms with Gasteiger partial charge in [0.15, 0.2) is 0 Å². The van der Waals surface area contributed by atoms with Crippen molar-refractivity contribution in [3.63, 3.8) is 0 Å². The number of cyclic esters (lactones) is 1. The molecule has 0 spiro atoms. The van der Waals surface area contributed by atoms with Crippen LogP contribution in [0.15, 0.2) is 11.5 Å². The molecule has 1 heterocycles. The van der Waals surface area contributed by atoms with Gasteiger partial charge in [0.05, 0.1) is 0 Å². The molecule has 0 radical (unpaired) electrons. The fourth-order valence-electron chi connectivity index (χ4n) is 0.712. The second-order valence-corrected chi connectivity index (χ2v) is 2.76. The molecule has 0 unspecified atom stereocenters. The van der Waals surface area contributed by atoms with E-state index in [1.807, 2.05) is 21.7 Å². The van der Waals surface area contributed by atoms with Crippen molar-refractivity contribution in [1.29, 1.82) is 0 Å². The summed E-state index contributed by atoms with van der Waals surface area (Å²) in [5, 5.41) is 0. The van der Waals surface area contributed by atoms with Gasteiger partial charge in [0, 0.05) is 6.08 Å². The SMILES string of the molecule is BC1=CC(=O)OC1(C)C. The molecule has 0 amide bonds. The monoisotopic (exact) mass is 124 g/mol. The number of ether oxygens (including phenoxy) is 1. The molecule has 0 aromatic rings. The second-order valence-electron chi connectivity index (χ2n) is 2.76. The van der Waals surface area contributed by atoms with Gasteiger partial charge in [-0.25, -0.2) is 4.79 Å². The quantitative estimate of drug-likeness (QED) is 0.331. The van der Waals surface area contributed by atoms with Gasteiger partial charge in [-0.1, -0.05) is 5.47 Å². The Morgan fingerprint density at radius 3 is 2.33 bits per heavy atom. The summed E-state index contributed by atoms with van der Waals surface area (Å²) >= 11 is 0. The molecule has 0 fully saturated rings. The van der Waals surface area contributed by atoms with Gasteiger partial charge in [0.25, 0.3) is 0 Å². The predicted molar refractivity (Wildman–Crippen MR) is 36.8 cm³/mol. The molecule has 0 bridgehead atoms. The molecule has 0 aromatic carbocycles. The summed E-state index contributed by atoms with van der Waals surface area (Å²) in [6.45, 7) is 3.76. The molecule has 0 saturated carbocycles. The lowest BCUT2D eigenvalue weighted by atomic mass is 9.83. The summed E-state index contributed by atoms with van der Waals surface area (Å²) in [6.07, 6.45) is 1.53. The standard InChI is InChI=1S/C6H9BO2/c1-6(2)4(7)3-5(8)9-6/h3H,7H2,1-2H3. The van der Waals surface area contributed by atoms with E-state index in [2.05, 4.69) is 0 Å². The van der Waals surface area contributed by atoms with E-state index in [4.69, 9.17) is 4.74 Å². The van der Waals surface area contributed by atoms with E-state index in [0.29, 0.717) is 0 Å². The Bertz CT molecular complexity index is 181. The molecule has 0 atom stereocenters. The molecule has 1 aliphatic heterocycles. The summed E-state index contributed by atoms with van der Waals surface area (Å²) < 4.78 is 4.93. The molecule has 0 saturated heterocycles. The highest BCUT2D eigenvalue weighted by Gasteiger charge is 2.29. The average Bonchev–Trinajstić information content (AvgIpc) is 1.79. The van der Waals surface area contributed by atoms with Gasteiger partial charge in [0.2, 0.25) is 0 Å².